The average Bonchev–Trinajstić information content (AvgIpc) is 3.18. The van der Waals surface area contributed by atoms with Crippen molar-refractivity contribution in [1.82, 2.24) is 10.2 Å². The van der Waals surface area contributed by atoms with Gasteiger partial charge in [0.2, 0.25) is 11.8 Å². The third-order valence-corrected chi connectivity index (χ3v) is 6.06. The van der Waals surface area contributed by atoms with Crippen LogP contribution in [0.5, 0.6) is 0 Å². The van der Waals surface area contributed by atoms with Crippen molar-refractivity contribution < 1.29 is 18.4 Å². The molecule has 1 aromatic rings. The van der Waals surface area contributed by atoms with Crippen LogP contribution < -0.4 is 10.2 Å². The molecular weight excluding hydrogens is 376 g/mol. The molecule has 3 atom stereocenters. The van der Waals surface area contributed by atoms with E-state index in [2.05, 4.69) is 5.32 Å². The van der Waals surface area contributed by atoms with Gasteiger partial charge in [-0.1, -0.05) is 0 Å². The van der Waals surface area contributed by atoms with Crippen LogP contribution in [0.1, 0.15) is 32.1 Å². The molecule has 27 heavy (non-hydrogen) atoms. The Labute approximate surface area is 163 Å². The lowest BCUT2D eigenvalue weighted by molar-refractivity contribution is -0.141. The number of fused-ring (bicyclic) bond motifs is 2. The highest BCUT2D eigenvalue weighted by atomic mass is 35.5. The van der Waals surface area contributed by atoms with Gasteiger partial charge in [-0.05, 0) is 44.2 Å². The molecule has 3 heterocycles. The van der Waals surface area contributed by atoms with E-state index in [4.69, 9.17) is 0 Å². The highest BCUT2D eigenvalue weighted by Crippen LogP contribution is 2.32. The monoisotopic (exact) mass is 399 g/mol. The molecule has 0 aromatic heterocycles. The van der Waals surface area contributed by atoms with E-state index < -0.39 is 17.6 Å². The summed E-state index contributed by atoms with van der Waals surface area (Å²) in [6, 6.07) is 4.47. The molecule has 1 aromatic carbocycles. The smallest absolute Gasteiger partial charge is 0.239 e. The standard InChI is InChI=1S/C19H23F2N3O2.ClH/c1-23(14-8-11-2-3-12(9-14)22-11)18(25)15-6-7-24(19(15)26)13-4-5-16(20)17(21)10-13;/h4-5,10-12,14-15,22H,2-3,6-9H2,1H3;1H. The van der Waals surface area contributed by atoms with Crippen LogP contribution in [-0.4, -0.2) is 48.4 Å². The lowest BCUT2D eigenvalue weighted by atomic mass is 9.96. The van der Waals surface area contributed by atoms with Crippen LogP contribution in [0.3, 0.4) is 0 Å². The maximum Gasteiger partial charge on any atom is 0.239 e. The van der Waals surface area contributed by atoms with Crippen LogP contribution >= 0.6 is 12.4 Å². The Morgan fingerprint density at radius 1 is 1.15 bits per heavy atom. The summed E-state index contributed by atoms with van der Waals surface area (Å²) in [5.74, 6) is -3.17. The number of nitrogens with zero attached hydrogens (tertiary/aromatic N) is 2. The van der Waals surface area contributed by atoms with E-state index in [1.54, 1.807) is 11.9 Å². The molecule has 3 saturated heterocycles. The van der Waals surface area contributed by atoms with Crippen molar-refractivity contribution in [2.24, 2.45) is 5.92 Å². The Bertz CT molecular complexity index is 736. The fraction of sp³-hybridized carbons (Fsp3) is 0.579. The topological polar surface area (TPSA) is 52.7 Å². The van der Waals surface area contributed by atoms with Crippen molar-refractivity contribution in [2.45, 2.75) is 50.2 Å². The molecule has 4 rings (SSSR count). The first-order chi connectivity index (χ1) is 12.4. The highest BCUT2D eigenvalue weighted by molar-refractivity contribution is 6.09. The summed E-state index contributed by atoms with van der Waals surface area (Å²) in [5, 5.41) is 3.55. The SMILES string of the molecule is CN(C(=O)C1CCN(c2ccc(F)c(F)c2)C1=O)C1CC2CCC(C1)N2.Cl. The van der Waals surface area contributed by atoms with E-state index in [1.807, 2.05) is 0 Å². The first-order valence-corrected chi connectivity index (χ1v) is 9.23. The van der Waals surface area contributed by atoms with E-state index in [1.165, 1.54) is 11.0 Å². The van der Waals surface area contributed by atoms with Gasteiger partial charge in [0.05, 0.1) is 0 Å². The molecule has 148 valence electrons. The summed E-state index contributed by atoms with van der Waals surface area (Å²) in [7, 11) is 1.78. The van der Waals surface area contributed by atoms with Gasteiger partial charge in [-0.15, -0.1) is 12.4 Å². The molecule has 3 aliphatic rings. The summed E-state index contributed by atoms with van der Waals surface area (Å²) in [5.41, 5.74) is 0.298. The molecule has 0 saturated carbocycles. The lowest BCUT2D eigenvalue weighted by Crippen LogP contribution is -2.50. The number of rotatable bonds is 3. The number of hydrogen-bond donors (Lipinski definition) is 1. The zero-order chi connectivity index (χ0) is 18.4. The number of halogens is 3. The van der Waals surface area contributed by atoms with E-state index >= 15 is 0 Å². The average molecular weight is 400 g/mol. The summed E-state index contributed by atoms with van der Waals surface area (Å²) < 4.78 is 26.6. The van der Waals surface area contributed by atoms with Crippen LogP contribution in [0.25, 0.3) is 0 Å². The molecule has 0 radical (unpaired) electrons. The second-order valence-corrected chi connectivity index (χ2v) is 7.64. The summed E-state index contributed by atoms with van der Waals surface area (Å²) in [4.78, 5) is 28.8. The van der Waals surface area contributed by atoms with E-state index in [0.29, 0.717) is 30.7 Å². The summed E-state index contributed by atoms with van der Waals surface area (Å²) in [6.45, 7) is 0.339. The lowest BCUT2D eigenvalue weighted by Gasteiger charge is -2.36. The Hall–Kier alpha value is -1.73. The van der Waals surface area contributed by atoms with E-state index in [0.717, 1.165) is 37.8 Å². The predicted molar refractivity (Wildman–Crippen MR) is 99.8 cm³/mol. The Morgan fingerprint density at radius 3 is 2.44 bits per heavy atom. The van der Waals surface area contributed by atoms with Crippen molar-refractivity contribution in [3.8, 4) is 0 Å². The zero-order valence-electron chi connectivity index (χ0n) is 15.2. The number of benzene rings is 1. The van der Waals surface area contributed by atoms with Crippen molar-refractivity contribution in [3.05, 3.63) is 29.8 Å². The largest absolute Gasteiger partial charge is 0.342 e. The van der Waals surface area contributed by atoms with Crippen LogP contribution in [0, 0.1) is 17.6 Å². The number of hydrogen-bond acceptors (Lipinski definition) is 3. The first kappa shape index (κ1) is 20.0. The second kappa shape index (κ2) is 7.72. The van der Waals surface area contributed by atoms with Gasteiger partial charge in [-0.25, -0.2) is 8.78 Å². The summed E-state index contributed by atoms with van der Waals surface area (Å²) in [6.07, 6.45) is 4.54. The number of carbonyl (C=O) groups is 2. The third-order valence-electron chi connectivity index (χ3n) is 6.06. The van der Waals surface area contributed by atoms with Gasteiger partial charge in [0.1, 0.15) is 5.92 Å². The van der Waals surface area contributed by atoms with Crippen LogP contribution in [0.15, 0.2) is 18.2 Å². The number of carbonyl (C=O) groups excluding carboxylic acids is 2. The number of anilines is 1. The molecule has 3 fully saturated rings. The maximum atomic E-state index is 13.5. The number of nitrogens with one attached hydrogen (secondary N) is 1. The normalized spacial score (nSPS) is 29.6. The van der Waals surface area contributed by atoms with E-state index in [9.17, 15) is 18.4 Å². The minimum Gasteiger partial charge on any atom is -0.342 e. The van der Waals surface area contributed by atoms with Gasteiger partial charge in [0, 0.05) is 43.5 Å². The van der Waals surface area contributed by atoms with Gasteiger partial charge >= 0.3 is 0 Å². The minimum absolute atomic E-state index is 0. The number of piperidine rings is 1. The molecule has 0 aliphatic carbocycles. The zero-order valence-corrected chi connectivity index (χ0v) is 16.0. The molecule has 8 heteroatoms. The number of amides is 2. The van der Waals surface area contributed by atoms with Crippen molar-refractivity contribution in [1.29, 1.82) is 0 Å². The molecule has 5 nitrogen and oxygen atoms in total. The first-order valence-electron chi connectivity index (χ1n) is 9.23. The van der Waals surface area contributed by atoms with Crippen LogP contribution in [-0.2, 0) is 9.59 Å². The quantitative estimate of drug-likeness (QED) is 0.794. The second-order valence-electron chi connectivity index (χ2n) is 7.64. The molecule has 0 spiro atoms. The maximum absolute atomic E-state index is 13.5. The Morgan fingerprint density at radius 2 is 1.81 bits per heavy atom. The molecule has 3 unspecified atom stereocenters. The van der Waals surface area contributed by atoms with Crippen LogP contribution in [0.2, 0.25) is 0 Å². The van der Waals surface area contributed by atoms with Crippen molar-refractivity contribution in [2.75, 3.05) is 18.5 Å². The predicted octanol–water partition coefficient (Wildman–Crippen LogP) is 2.48. The molecule has 3 aliphatic heterocycles. The van der Waals surface area contributed by atoms with Gasteiger partial charge in [0.25, 0.3) is 0 Å². The van der Waals surface area contributed by atoms with Crippen molar-refractivity contribution in [3.63, 3.8) is 0 Å². The Balaban J connectivity index is 0.00000210. The molecule has 2 bridgehead atoms. The van der Waals surface area contributed by atoms with Crippen LogP contribution in [0.4, 0.5) is 14.5 Å². The van der Waals surface area contributed by atoms with Gasteiger partial charge in [-0.3, -0.25) is 9.59 Å². The van der Waals surface area contributed by atoms with Crippen molar-refractivity contribution >= 4 is 29.9 Å². The molecule has 1 N–H and O–H groups in total. The fourth-order valence-corrected chi connectivity index (χ4v) is 4.59. The Kier molecular flexibility index (Phi) is 5.72. The fourth-order valence-electron chi connectivity index (χ4n) is 4.59. The third kappa shape index (κ3) is 3.67. The molecular formula is C19H24ClF2N3O2. The summed E-state index contributed by atoms with van der Waals surface area (Å²) >= 11 is 0. The van der Waals surface area contributed by atoms with Gasteiger partial charge in [-0.2, -0.15) is 0 Å². The van der Waals surface area contributed by atoms with Gasteiger partial charge in [0.15, 0.2) is 11.6 Å². The highest BCUT2D eigenvalue weighted by Gasteiger charge is 2.42. The van der Waals surface area contributed by atoms with E-state index in [-0.39, 0.29) is 30.3 Å². The van der Waals surface area contributed by atoms with Gasteiger partial charge < -0.3 is 15.1 Å². The minimum atomic E-state index is -0.993. The molecule has 2 amide bonds.